The number of pyridine rings is 1. The summed E-state index contributed by atoms with van der Waals surface area (Å²) in [5.41, 5.74) is 7.49. The summed E-state index contributed by atoms with van der Waals surface area (Å²) in [6.07, 6.45) is 1.90. The van der Waals surface area contributed by atoms with Crippen molar-refractivity contribution in [1.82, 2.24) is 4.98 Å². The smallest absolute Gasteiger partial charge is 0.146 e. The van der Waals surface area contributed by atoms with Crippen molar-refractivity contribution in [2.45, 2.75) is 26.9 Å². The number of halogens is 1. The highest BCUT2D eigenvalue weighted by Crippen LogP contribution is 2.31. The number of aromatic nitrogens is 1. The maximum absolute atomic E-state index is 5.97. The van der Waals surface area contributed by atoms with E-state index < -0.39 is 0 Å². The number of ether oxygens (including phenoxy) is 1. The van der Waals surface area contributed by atoms with Gasteiger partial charge in [0, 0.05) is 21.7 Å². The summed E-state index contributed by atoms with van der Waals surface area (Å²) < 4.78 is 6.86. The molecule has 0 spiro atoms. The molecule has 0 bridgehead atoms. The van der Waals surface area contributed by atoms with E-state index in [0.29, 0.717) is 11.6 Å². The molecule has 18 heavy (non-hydrogen) atoms. The highest BCUT2D eigenvalue weighted by atomic mass is 79.9. The van der Waals surface area contributed by atoms with Gasteiger partial charge in [-0.2, -0.15) is 0 Å². The first kappa shape index (κ1) is 13.1. The van der Waals surface area contributed by atoms with Gasteiger partial charge in [0.05, 0.1) is 6.10 Å². The molecular weight excluding hydrogens is 292 g/mol. The van der Waals surface area contributed by atoms with Crippen LogP contribution in [0.4, 0.5) is 5.69 Å². The van der Waals surface area contributed by atoms with Gasteiger partial charge in [0.15, 0.2) is 0 Å². The monoisotopic (exact) mass is 308 g/mol. The number of nitrogen functional groups attached to an aromatic ring is 1. The Hall–Kier alpha value is -1.29. The van der Waals surface area contributed by atoms with E-state index in [2.05, 4.69) is 41.7 Å². The van der Waals surface area contributed by atoms with E-state index in [9.17, 15) is 0 Å². The number of hydrogen-bond acceptors (Lipinski definition) is 3. The number of fused-ring (bicyclic) bond motifs is 1. The minimum Gasteiger partial charge on any atom is -0.488 e. The van der Waals surface area contributed by atoms with E-state index in [1.165, 1.54) is 0 Å². The standard InChI is InChI=1S/C14H17BrN2O/c1-8(2)9(3)18-13-5-4-12(16)11-6-10(15)7-17-14(11)13/h4-9H,16H2,1-3H3. The lowest BCUT2D eigenvalue weighted by molar-refractivity contribution is 0.172. The zero-order chi connectivity index (χ0) is 13.3. The third-order valence-electron chi connectivity index (χ3n) is 3.06. The molecule has 1 aromatic heterocycles. The lowest BCUT2D eigenvalue weighted by atomic mass is 10.1. The van der Waals surface area contributed by atoms with E-state index in [-0.39, 0.29) is 6.10 Å². The quantitative estimate of drug-likeness (QED) is 0.872. The predicted molar refractivity (Wildman–Crippen MR) is 78.8 cm³/mol. The summed E-state index contributed by atoms with van der Waals surface area (Å²) in [6.45, 7) is 6.33. The molecule has 1 unspecified atom stereocenters. The second-order valence-corrected chi connectivity index (χ2v) is 5.69. The number of nitrogens with zero attached hydrogens (tertiary/aromatic N) is 1. The highest BCUT2D eigenvalue weighted by Gasteiger charge is 2.13. The molecule has 4 heteroatoms. The van der Waals surface area contributed by atoms with Gasteiger partial charge in [-0.1, -0.05) is 13.8 Å². The predicted octanol–water partition coefficient (Wildman–Crippen LogP) is 4.00. The average Bonchev–Trinajstić information content (AvgIpc) is 2.32. The molecule has 1 aromatic carbocycles. The van der Waals surface area contributed by atoms with Crippen molar-refractivity contribution in [3.8, 4) is 5.75 Å². The van der Waals surface area contributed by atoms with Gasteiger partial charge in [-0.15, -0.1) is 0 Å². The van der Waals surface area contributed by atoms with Crippen LogP contribution in [0.5, 0.6) is 5.75 Å². The fourth-order valence-electron chi connectivity index (χ4n) is 1.62. The van der Waals surface area contributed by atoms with Gasteiger partial charge in [0.1, 0.15) is 11.3 Å². The number of rotatable bonds is 3. The first-order valence-corrected chi connectivity index (χ1v) is 6.78. The molecule has 1 atom stereocenters. The fraction of sp³-hybridized carbons (Fsp3) is 0.357. The molecule has 96 valence electrons. The van der Waals surface area contributed by atoms with Crippen LogP contribution in [-0.4, -0.2) is 11.1 Å². The first-order chi connectivity index (χ1) is 8.49. The van der Waals surface area contributed by atoms with Gasteiger partial charge < -0.3 is 10.5 Å². The molecule has 2 aromatic rings. The van der Waals surface area contributed by atoms with Crippen molar-refractivity contribution >= 4 is 32.5 Å². The van der Waals surface area contributed by atoms with Crippen LogP contribution in [0.3, 0.4) is 0 Å². The van der Waals surface area contributed by atoms with Crippen molar-refractivity contribution in [3.63, 3.8) is 0 Å². The van der Waals surface area contributed by atoms with Gasteiger partial charge in [0.25, 0.3) is 0 Å². The van der Waals surface area contributed by atoms with Gasteiger partial charge in [0.2, 0.25) is 0 Å². The van der Waals surface area contributed by atoms with Gasteiger partial charge in [-0.25, -0.2) is 0 Å². The number of anilines is 1. The van der Waals surface area contributed by atoms with Crippen molar-refractivity contribution < 1.29 is 4.74 Å². The summed E-state index contributed by atoms with van der Waals surface area (Å²) >= 11 is 3.41. The number of hydrogen-bond donors (Lipinski definition) is 1. The van der Waals surface area contributed by atoms with Gasteiger partial charge in [-0.3, -0.25) is 4.98 Å². The summed E-state index contributed by atoms with van der Waals surface area (Å²) in [7, 11) is 0. The molecule has 0 saturated carbocycles. The van der Waals surface area contributed by atoms with E-state index in [1.807, 2.05) is 18.2 Å². The lowest BCUT2D eigenvalue weighted by Crippen LogP contribution is -2.18. The minimum absolute atomic E-state index is 0.141. The third-order valence-corrected chi connectivity index (χ3v) is 3.50. The molecule has 0 aliphatic rings. The van der Waals surface area contributed by atoms with Crippen LogP contribution in [0.1, 0.15) is 20.8 Å². The van der Waals surface area contributed by atoms with Crippen LogP contribution in [0.2, 0.25) is 0 Å². The van der Waals surface area contributed by atoms with Crippen LogP contribution in [0, 0.1) is 5.92 Å². The van der Waals surface area contributed by atoms with Crippen molar-refractivity contribution in [2.24, 2.45) is 5.92 Å². The molecule has 0 aliphatic heterocycles. The van der Waals surface area contributed by atoms with Gasteiger partial charge >= 0.3 is 0 Å². The maximum atomic E-state index is 5.97. The van der Waals surface area contributed by atoms with E-state index >= 15 is 0 Å². The van der Waals surface area contributed by atoms with Crippen LogP contribution < -0.4 is 10.5 Å². The van der Waals surface area contributed by atoms with E-state index in [1.54, 1.807) is 6.20 Å². The third kappa shape index (κ3) is 2.58. The molecule has 0 amide bonds. The van der Waals surface area contributed by atoms with Crippen molar-refractivity contribution in [3.05, 3.63) is 28.9 Å². The molecule has 3 nitrogen and oxygen atoms in total. The van der Waals surface area contributed by atoms with Crippen LogP contribution in [-0.2, 0) is 0 Å². The zero-order valence-corrected chi connectivity index (χ0v) is 12.4. The first-order valence-electron chi connectivity index (χ1n) is 5.99. The Kier molecular flexibility index (Phi) is 3.76. The Morgan fingerprint density at radius 2 is 2.00 bits per heavy atom. The molecule has 2 N–H and O–H groups in total. The Bertz CT molecular complexity index is 569. The molecular formula is C14H17BrN2O. The van der Waals surface area contributed by atoms with E-state index in [4.69, 9.17) is 10.5 Å². The zero-order valence-electron chi connectivity index (χ0n) is 10.8. The SMILES string of the molecule is CC(C)C(C)Oc1ccc(N)c2cc(Br)cnc12. The molecule has 1 heterocycles. The molecule has 0 saturated heterocycles. The second kappa shape index (κ2) is 5.14. The second-order valence-electron chi connectivity index (χ2n) is 4.77. The molecule has 0 radical (unpaired) electrons. The Labute approximate surface area is 115 Å². The summed E-state index contributed by atoms with van der Waals surface area (Å²) in [6, 6.07) is 5.71. The largest absolute Gasteiger partial charge is 0.488 e. The number of nitrogens with two attached hydrogens (primary N) is 1. The summed E-state index contributed by atoms with van der Waals surface area (Å²) in [4.78, 5) is 4.40. The minimum atomic E-state index is 0.141. The van der Waals surface area contributed by atoms with Gasteiger partial charge in [-0.05, 0) is 47.0 Å². The Morgan fingerprint density at radius 1 is 1.28 bits per heavy atom. The maximum Gasteiger partial charge on any atom is 0.146 e. The Morgan fingerprint density at radius 3 is 2.67 bits per heavy atom. The molecule has 0 aliphatic carbocycles. The summed E-state index contributed by atoms with van der Waals surface area (Å²) in [5, 5.41) is 0.915. The van der Waals surface area contributed by atoms with Crippen molar-refractivity contribution in [2.75, 3.05) is 5.73 Å². The van der Waals surface area contributed by atoms with Crippen LogP contribution >= 0.6 is 15.9 Å². The highest BCUT2D eigenvalue weighted by molar-refractivity contribution is 9.10. The van der Waals surface area contributed by atoms with Crippen LogP contribution in [0.25, 0.3) is 10.9 Å². The average molecular weight is 309 g/mol. The number of benzene rings is 1. The fourth-order valence-corrected chi connectivity index (χ4v) is 1.95. The van der Waals surface area contributed by atoms with E-state index in [0.717, 1.165) is 21.1 Å². The molecule has 2 rings (SSSR count). The lowest BCUT2D eigenvalue weighted by Gasteiger charge is -2.19. The van der Waals surface area contributed by atoms with Crippen molar-refractivity contribution in [1.29, 1.82) is 0 Å². The Balaban J connectivity index is 2.49. The summed E-state index contributed by atoms with van der Waals surface area (Å²) in [5.74, 6) is 1.24. The normalized spacial score (nSPS) is 12.9. The molecule has 0 fully saturated rings. The topological polar surface area (TPSA) is 48.1 Å². The van der Waals surface area contributed by atoms with Crippen LogP contribution in [0.15, 0.2) is 28.9 Å².